The molecule has 0 amide bonds. The summed E-state index contributed by atoms with van der Waals surface area (Å²) in [6, 6.07) is 8.06. The molecule has 80 valence electrons. The van der Waals surface area contributed by atoms with Gasteiger partial charge in [0, 0.05) is 13.1 Å². The van der Waals surface area contributed by atoms with Crippen LogP contribution in [0.1, 0.15) is 25.8 Å². The first kappa shape index (κ1) is 11.4. The Morgan fingerprint density at radius 2 is 2.20 bits per heavy atom. The van der Waals surface area contributed by atoms with Crippen molar-refractivity contribution in [2.45, 2.75) is 26.3 Å². The largest absolute Gasteiger partial charge is 0.396 e. The summed E-state index contributed by atoms with van der Waals surface area (Å²) in [6.07, 6.45) is 1.05. The molecule has 0 saturated carbocycles. The Bertz CT molecular complexity index is 379. The zero-order chi connectivity index (χ0) is 11.4. The summed E-state index contributed by atoms with van der Waals surface area (Å²) in [5.41, 5.74) is 7.97. The molecule has 15 heavy (non-hydrogen) atoms. The van der Waals surface area contributed by atoms with Crippen LogP contribution in [0.25, 0.3) is 0 Å². The predicted octanol–water partition coefficient (Wildman–Crippen LogP) is 2.38. The van der Waals surface area contributed by atoms with Crippen molar-refractivity contribution in [2.24, 2.45) is 0 Å². The molecule has 2 N–H and O–H groups in total. The van der Waals surface area contributed by atoms with Gasteiger partial charge in [-0.1, -0.05) is 13.0 Å². The van der Waals surface area contributed by atoms with Crippen molar-refractivity contribution in [3.8, 4) is 6.07 Å². The SMILES string of the molecule is CCC(C)N(C)c1cccc(C#N)c1N. The van der Waals surface area contributed by atoms with Gasteiger partial charge in [-0.2, -0.15) is 5.26 Å². The van der Waals surface area contributed by atoms with Crippen molar-refractivity contribution < 1.29 is 0 Å². The van der Waals surface area contributed by atoms with E-state index in [4.69, 9.17) is 11.0 Å². The fourth-order valence-corrected chi connectivity index (χ4v) is 1.47. The number of benzene rings is 1. The van der Waals surface area contributed by atoms with Crippen LogP contribution in [0.15, 0.2) is 18.2 Å². The molecule has 1 unspecified atom stereocenters. The van der Waals surface area contributed by atoms with Gasteiger partial charge in [0.1, 0.15) is 6.07 Å². The third-order valence-electron chi connectivity index (χ3n) is 2.84. The molecule has 1 aromatic rings. The van der Waals surface area contributed by atoms with E-state index < -0.39 is 0 Å². The monoisotopic (exact) mass is 203 g/mol. The molecule has 0 bridgehead atoms. The average Bonchev–Trinajstić information content (AvgIpc) is 2.27. The van der Waals surface area contributed by atoms with Crippen LogP contribution in [0, 0.1) is 11.3 Å². The van der Waals surface area contributed by atoms with Gasteiger partial charge < -0.3 is 10.6 Å². The molecule has 1 atom stereocenters. The smallest absolute Gasteiger partial charge is 0.101 e. The third-order valence-corrected chi connectivity index (χ3v) is 2.84. The van der Waals surface area contributed by atoms with Crippen LogP contribution in [0.3, 0.4) is 0 Å². The number of anilines is 2. The van der Waals surface area contributed by atoms with Crippen molar-refractivity contribution in [1.82, 2.24) is 0 Å². The Morgan fingerprint density at radius 3 is 2.73 bits per heavy atom. The summed E-state index contributed by atoms with van der Waals surface area (Å²) < 4.78 is 0. The highest BCUT2D eigenvalue weighted by atomic mass is 15.1. The zero-order valence-electron chi connectivity index (χ0n) is 9.49. The minimum atomic E-state index is 0.418. The van der Waals surface area contributed by atoms with Crippen molar-refractivity contribution in [3.63, 3.8) is 0 Å². The number of para-hydroxylation sites is 1. The molecule has 0 saturated heterocycles. The molecule has 0 heterocycles. The van der Waals surface area contributed by atoms with E-state index >= 15 is 0 Å². The second-order valence-electron chi connectivity index (χ2n) is 3.72. The number of hydrogen-bond acceptors (Lipinski definition) is 3. The van der Waals surface area contributed by atoms with Crippen molar-refractivity contribution in [2.75, 3.05) is 17.7 Å². The number of nitrogen functional groups attached to an aromatic ring is 1. The topological polar surface area (TPSA) is 53.0 Å². The highest BCUT2D eigenvalue weighted by Crippen LogP contribution is 2.27. The number of nitriles is 1. The maximum absolute atomic E-state index is 8.87. The Hall–Kier alpha value is -1.69. The van der Waals surface area contributed by atoms with Gasteiger partial charge in [-0.05, 0) is 25.5 Å². The number of hydrogen-bond donors (Lipinski definition) is 1. The van der Waals surface area contributed by atoms with Gasteiger partial charge in [-0.3, -0.25) is 0 Å². The molecule has 1 aromatic carbocycles. The minimum Gasteiger partial charge on any atom is -0.396 e. The molecular formula is C12H17N3. The quantitative estimate of drug-likeness (QED) is 0.767. The summed E-state index contributed by atoms with van der Waals surface area (Å²) in [7, 11) is 2.00. The van der Waals surface area contributed by atoms with Crippen LogP contribution in [0.4, 0.5) is 11.4 Å². The lowest BCUT2D eigenvalue weighted by atomic mass is 10.1. The van der Waals surface area contributed by atoms with E-state index in [1.807, 2.05) is 19.2 Å². The summed E-state index contributed by atoms with van der Waals surface area (Å²) in [5, 5.41) is 8.87. The second-order valence-corrected chi connectivity index (χ2v) is 3.72. The molecule has 3 nitrogen and oxygen atoms in total. The van der Waals surface area contributed by atoms with E-state index in [0.29, 0.717) is 17.3 Å². The van der Waals surface area contributed by atoms with Crippen molar-refractivity contribution in [1.29, 1.82) is 5.26 Å². The number of nitrogens with zero attached hydrogens (tertiary/aromatic N) is 2. The van der Waals surface area contributed by atoms with Gasteiger partial charge in [0.15, 0.2) is 0 Å². The van der Waals surface area contributed by atoms with Gasteiger partial charge in [-0.25, -0.2) is 0 Å². The molecule has 0 fully saturated rings. The lowest BCUT2D eigenvalue weighted by Gasteiger charge is -2.27. The lowest BCUT2D eigenvalue weighted by Crippen LogP contribution is -2.28. The van der Waals surface area contributed by atoms with Crippen LogP contribution in [0.2, 0.25) is 0 Å². The van der Waals surface area contributed by atoms with E-state index in [1.54, 1.807) is 6.07 Å². The summed E-state index contributed by atoms with van der Waals surface area (Å²) >= 11 is 0. The summed E-state index contributed by atoms with van der Waals surface area (Å²) in [5.74, 6) is 0. The maximum atomic E-state index is 8.87. The molecule has 0 radical (unpaired) electrons. The van der Waals surface area contributed by atoms with Crippen LogP contribution in [0.5, 0.6) is 0 Å². The molecule has 0 aliphatic carbocycles. The number of rotatable bonds is 3. The molecule has 0 aliphatic heterocycles. The Balaban J connectivity index is 3.10. The maximum Gasteiger partial charge on any atom is 0.101 e. The molecule has 1 rings (SSSR count). The van der Waals surface area contributed by atoms with E-state index in [0.717, 1.165) is 12.1 Å². The Labute approximate surface area is 91.1 Å². The van der Waals surface area contributed by atoms with Crippen LogP contribution in [-0.2, 0) is 0 Å². The molecule has 0 aromatic heterocycles. The van der Waals surface area contributed by atoms with Gasteiger partial charge in [0.2, 0.25) is 0 Å². The van der Waals surface area contributed by atoms with E-state index in [9.17, 15) is 0 Å². The lowest BCUT2D eigenvalue weighted by molar-refractivity contribution is 0.664. The molecule has 0 spiro atoms. The van der Waals surface area contributed by atoms with Crippen LogP contribution < -0.4 is 10.6 Å². The zero-order valence-corrected chi connectivity index (χ0v) is 9.49. The van der Waals surface area contributed by atoms with Gasteiger partial charge in [0.05, 0.1) is 16.9 Å². The van der Waals surface area contributed by atoms with Gasteiger partial charge in [0.25, 0.3) is 0 Å². The standard InChI is InChI=1S/C12H17N3/c1-4-9(2)15(3)11-7-5-6-10(8-13)12(11)14/h5-7,9H,4,14H2,1-3H3. The van der Waals surface area contributed by atoms with Crippen LogP contribution in [-0.4, -0.2) is 13.1 Å². The van der Waals surface area contributed by atoms with Crippen molar-refractivity contribution in [3.05, 3.63) is 23.8 Å². The van der Waals surface area contributed by atoms with Gasteiger partial charge in [-0.15, -0.1) is 0 Å². The Morgan fingerprint density at radius 1 is 1.53 bits per heavy atom. The average molecular weight is 203 g/mol. The van der Waals surface area contributed by atoms with E-state index in [1.165, 1.54) is 0 Å². The van der Waals surface area contributed by atoms with Crippen molar-refractivity contribution >= 4 is 11.4 Å². The predicted molar refractivity (Wildman–Crippen MR) is 63.7 cm³/mol. The normalized spacial score (nSPS) is 11.9. The summed E-state index contributed by atoms with van der Waals surface area (Å²) in [6.45, 7) is 4.27. The van der Waals surface area contributed by atoms with E-state index in [2.05, 4.69) is 24.8 Å². The highest BCUT2D eigenvalue weighted by molar-refractivity contribution is 5.73. The fraction of sp³-hybridized carbons (Fsp3) is 0.417. The van der Waals surface area contributed by atoms with Crippen LogP contribution >= 0.6 is 0 Å². The fourth-order valence-electron chi connectivity index (χ4n) is 1.47. The number of nitrogens with two attached hydrogens (primary N) is 1. The minimum absolute atomic E-state index is 0.418. The highest BCUT2D eigenvalue weighted by Gasteiger charge is 2.12. The second kappa shape index (κ2) is 4.70. The summed E-state index contributed by atoms with van der Waals surface area (Å²) in [4.78, 5) is 2.11. The first-order valence-electron chi connectivity index (χ1n) is 5.13. The molecular weight excluding hydrogens is 186 g/mol. The first-order chi connectivity index (χ1) is 7.11. The van der Waals surface area contributed by atoms with E-state index in [-0.39, 0.29) is 0 Å². The molecule has 3 heteroatoms. The third kappa shape index (κ3) is 2.21. The first-order valence-corrected chi connectivity index (χ1v) is 5.13. The van der Waals surface area contributed by atoms with Gasteiger partial charge >= 0.3 is 0 Å². The molecule has 0 aliphatic rings. The Kier molecular flexibility index (Phi) is 3.56.